The van der Waals surface area contributed by atoms with Gasteiger partial charge in [-0.25, -0.2) is 13.4 Å². The van der Waals surface area contributed by atoms with Crippen LogP contribution in [-0.2, 0) is 16.4 Å². The minimum absolute atomic E-state index is 0.0925. The molecule has 0 N–H and O–H groups in total. The summed E-state index contributed by atoms with van der Waals surface area (Å²) < 4.78 is 26.0. The van der Waals surface area contributed by atoms with Crippen molar-refractivity contribution in [2.45, 2.75) is 18.4 Å². The highest BCUT2D eigenvalue weighted by atomic mass is 79.9. The number of benzene rings is 2. The lowest BCUT2D eigenvalue weighted by molar-refractivity contribution is 0.596. The Balaban J connectivity index is 1.81. The molecule has 0 atom stereocenters. The second-order valence-corrected chi connectivity index (χ2v) is 9.26. The molecular weight excluding hydrogens is 400 g/mol. The molecule has 2 heterocycles. The van der Waals surface area contributed by atoms with Crippen LogP contribution in [0.2, 0.25) is 0 Å². The van der Waals surface area contributed by atoms with Crippen LogP contribution in [0.4, 0.5) is 5.82 Å². The van der Waals surface area contributed by atoms with Crippen molar-refractivity contribution in [3.63, 3.8) is 0 Å². The molecule has 0 amide bonds. The first-order valence-electron chi connectivity index (χ1n) is 8.06. The van der Waals surface area contributed by atoms with Crippen LogP contribution >= 0.6 is 15.9 Å². The molecule has 0 saturated heterocycles. The van der Waals surface area contributed by atoms with Gasteiger partial charge in [0.25, 0.3) is 0 Å². The van der Waals surface area contributed by atoms with Crippen LogP contribution in [0, 0.1) is 6.92 Å². The number of hydrogen-bond donors (Lipinski definition) is 0. The van der Waals surface area contributed by atoms with Crippen molar-refractivity contribution in [1.82, 2.24) is 4.98 Å². The molecular formula is C19H17BrN2O2S. The summed E-state index contributed by atoms with van der Waals surface area (Å²) in [5, 5.41) is 1.06. The average Bonchev–Trinajstić information content (AvgIpc) is 2.72. The maximum Gasteiger partial charge on any atom is 0.180 e. The molecule has 0 radical (unpaired) electrons. The van der Waals surface area contributed by atoms with Crippen LogP contribution in [-0.4, -0.2) is 25.7 Å². The molecule has 4 rings (SSSR count). The molecule has 0 aliphatic carbocycles. The third kappa shape index (κ3) is 3.04. The summed E-state index contributed by atoms with van der Waals surface area (Å²) >= 11 is 3.64. The largest absolute Gasteiger partial charge is 0.351 e. The van der Waals surface area contributed by atoms with E-state index in [0.717, 1.165) is 26.8 Å². The van der Waals surface area contributed by atoms with E-state index in [1.54, 1.807) is 12.1 Å². The fourth-order valence-corrected chi connectivity index (χ4v) is 5.23. The van der Waals surface area contributed by atoms with Crippen molar-refractivity contribution in [2.24, 2.45) is 0 Å². The topological polar surface area (TPSA) is 50.3 Å². The maximum absolute atomic E-state index is 12.5. The Morgan fingerprint density at radius 2 is 1.92 bits per heavy atom. The van der Waals surface area contributed by atoms with Crippen molar-refractivity contribution in [2.75, 3.05) is 17.2 Å². The molecule has 25 heavy (non-hydrogen) atoms. The molecule has 1 aliphatic heterocycles. The zero-order valence-electron chi connectivity index (χ0n) is 13.7. The van der Waals surface area contributed by atoms with Gasteiger partial charge in [-0.2, -0.15) is 0 Å². The number of sulfone groups is 1. The highest BCUT2D eigenvalue weighted by Gasteiger charge is 2.26. The van der Waals surface area contributed by atoms with Gasteiger partial charge in [0.05, 0.1) is 16.2 Å². The highest BCUT2D eigenvalue weighted by Crippen LogP contribution is 2.31. The number of pyridine rings is 1. The minimum Gasteiger partial charge on any atom is -0.351 e. The van der Waals surface area contributed by atoms with E-state index in [9.17, 15) is 8.42 Å². The van der Waals surface area contributed by atoms with Crippen molar-refractivity contribution >= 4 is 42.5 Å². The van der Waals surface area contributed by atoms with Gasteiger partial charge in [0.2, 0.25) is 0 Å². The van der Waals surface area contributed by atoms with Crippen molar-refractivity contribution in [3.05, 3.63) is 64.1 Å². The Bertz CT molecular complexity index is 1080. The van der Waals surface area contributed by atoms with E-state index >= 15 is 0 Å². The Hall–Kier alpha value is -1.92. The number of aromatic nitrogens is 1. The summed E-state index contributed by atoms with van der Waals surface area (Å²) in [6.45, 7) is 3.01. The van der Waals surface area contributed by atoms with Gasteiger partial charge in [-0.15, -0.1) is 0 Å². The summed E-state index contributed by atoms with van der Waals surface area (Å²) in [6.07, 6.45) is 0. The molecule has 2 aromatic carbocycles. The number of rotatable bonds is 1. The second-order valence-electron chi connectivity index (χ2n) is 6.33. The van der Waals surface area contributed by atoms with Crippen molar-refractivity contribution < 1.29 is 8.42 Å². The van der Waals surface area contributed by atoms with Gasteiger partial charge >= 0.3 is 0 Å². The van der Waals surface area contributed by atoms with Gasteiger partial charge in [0.15, 0.2) is 9.84 Å². The van der Waals surface area contributed by atoms with Crippen LogP contribution in [0.5, 0.6) is 0 Å². The summed E-state index contributed by atoms with van der Waals surface area (Å²) in [7, 11) is -3.26. The first-order chi connectivity index (χ1) is 11.9. The number of halogens is 1. The summed E-state index contributed by atoms with van der Waals surface area (Å²) in [4.78, 5) is 7.24. The van der Waals surface area contributed by atoms with E-state index in [1.165, 1.54) is 5.56 Å². The van der Waals surface area contributed by atoms with Gasteiger partial charge < -0.3 is 4.90 Å². The van der Waals surface area contributed by atoms with Crippen molar-refractivity contribution in [1.29, 1.82) is 0 Å². The van der Waals surface area contributed by atoms with Crippen LogP contribution < -0.4 is 4.90 Å². The maximum atomic E-state index is 12.5. The summed E-state index contributed by atoms with van der Waals surface area (Å²) in [5.74, 6) is 0.880. The fourth-order valence-electron chi connectivity index (χ4n) is 3.21. The van der Waals surface area contributed by atoms with E-state index in [2.05, 4.69) is 28.9 Å². The van der Waals surface area contributed by atoms with Gasteiger partial charge in [-0.05, 0) is 52.7 Å². The molecule has 1 aliphatic rings. The quantitative estimate of drug-likeness (QED) is 0.598. The second kappa shape index (κ2) is 6.11. The highest BCUT2D eigenvalue weighted by molar-refractivity contribution is 9.10. The van der Waals surface area contributed by atoms with E-state index in [1.807, 2.05) is 35.2 Å². The first-order valence-corrected chi connectivity index (χ1v) is 10.5. The van der Waals surface area contributed by atoms with E-state index in [4.69, 9.17) is 4.98 Å². The number of hydrogen-bond acceptors (Lipinski definition) is 4. The van der Waals surface area contributed by atoms with Crippen LogP contribution in [0.25, 0.3) is 10.9 Å². The average molecular weight is 417 g/mol. The lowest BCUT2D eigenvalue weighted by atomic mass is 10.1. The monoisotopic (exact) mass is 416 g/mol. The van der Waals surface area contributed by atoms with E-state index in [0.29, 0.717) is 18.0 Å². The number of fused-ring (bicyclic) bond motifs is 2. The predicted octanol–water partition coefficient (Wildman–Crippen LogP) is 4.10. The van der Waals surface area contributed by atoms with Crippen LogP contribution in [0.3, 0.4) is 0 Å². The Morgan fingerprint density at radius 1 is 1.12 bits per heavy atom. The van der Waals surface area contributed by atoms with E-state index < -0.39 is 9.84 Å². The Morgan fingerprint density at radius 3 is 2.76 bits per heavy atom. The molecule has 0 spiro atoms. The molecule has 3 aromatic rings. The Labute approximate surface area is 155 Å². The molecule has 6 heteroatoms. The normalized spacial score (nSPS) is 16.5. The first kappa shape index (κ1) is 16.5. The van der Waals surface area contributed by atoms with E-state index in [-0.39, 0.29) is 5.75 Å². The number of anilines is 1. The number of nitrogens with zero attached hydrogens (tertiary/aromatic N) is 2. The molecule has 1 aromatic heterocycles. The SMILES string of the molecule is Cc1ccc2nc(N3CCS(=O)(=O)c4ccccc4C3)cc(Br)c2c1. The van der Waals surface area contributed by atoms with Crippen LogP contribution in [0.15, 0.2) is 57.9 Å². The third-order valence-corrected chi connectivity index (χ3v) is 6.97. The van der Waals surface area contributed by atoms with Gasteiger partial charge in [-0.3, -0.25) is 0 Å². The van der Waals surface area contributed by atoms with Crippen molar-refractivity contribution in [3.8, 4) is 0 Å². The zero-order valence-corrected chi connectivity index (χ0v) is 16.1. The standard InChI is InChI=1S/C19H17BrN2O2S/c1-13-6-7-17-15(10-13)16(20)11-19(21-17)22-8-9-25(23,24)18-5-3-2-4-14(18)12-22/h2-7,10-11H,8-9,12H2,1H3. The summed E-state index contributed by atoms with van der Waals surface area (Å²) in [6, 6.07) is 15.3. The third-order valence-electron chi connectivity index (χ3n) is 4.52. The van der Waals surface area contributed by atoms with Gasteiger partial charge in [0.1, 0.15) is 5.82 Å². The fraction of sp³-hybridized carbons (Fsp3) is 0.211. The number of aryl methyl sites for hydroxylation is 1. The van der Waals surface area contributed by atoms with Gasteiger partial charge in [0, 0.05) is 22.9 Å². The minimum atomic E-state index is -3.26. The molecule has 128 valence electrons. The zero-order chi connectivity index (χ0) is 17.6. The molecule has 0 bridgehead atoms. The molecule has 0 fully saturated rings. The van der Waals surface area contributed by atoms with Crippen LogP contribution in [0.1, 0.15) is 11.1 Å². The molecule has 0 saturated carbocycles. The predicted molar refractivity (Wildman–Crippen MR) is 104 cm³/mol. The molecule has 4 nitrogen and oxygen atoms in total. The molecule has 0 unspecified atom stereocenters. The lowest BCUT2D eigenvalue weighted by Gasteiger charge is -2.22. The smallest absolute Gasteiger partial charge is 0.180 e. The summed E-state index contributed by atoms with van der Waals surface area (Å²) in [5.41, 5.74) is 2.90. The Kier molecular flexibility index (Phi) is 4.04. The lowest BCUT2D eigenvalue weighted by Crippen LogP contribution is -2.26. The van der Waals surface area contributed by atoms with Gasteiger partial charge in [-0.1, -0.05) is 29.8 Å².